The van der Waals surface area contributed by atoms with Crippen molar-refractivity contribution in [3.63, 3.8) is 0 Å². The van der Waals surface area contributed by atoms with Crippen LogP contribution < -0.4 is 32.1 Å². The van der Waals surface area contributed by atoms with Crippen LogP contribution in [0.2, 0.25) is 0 Å². The minimum atomic E-state index is -3.90. The molecule has 0 radical (unpaired) electrons. The van der Waals surface area contributed by atoms with Crippen molar-refractivity contribution < 1.29 is 22.8 Å². The minimum absolute atomic E-state index is 0.0964. The summed E-state index contributed by atoms with van der Waals surface area (Å²) < 4.78 is 27.9. The predicted molar refractivity (Wildman–Crippen MR) is 140 cm³/mol. The fourth-order valence-electron chi connectivity index (χ4n) is 3.35. The molecule has 0 aliphatic rings. The molecule has 0 saturated heterocycles. The third-order valence-electron chi connectivity index (χ3n) is 5.08. The first-order valence-corrected chi connectivity index (χ1v) is 13.3. The summed E-state index contributed by atoms with van der Waals surface area (Å²) in [6, 6.07) is 6.55. The third kappa shape index (κ3) is 13.8. The second-order valence-electron chi connectivity index (χ2n) is 8.38. The van der Waals surface area contributed by atoms with Gasteiger partial charge in [0.1, 0.15) is 12.3 Å². The van der Waals surface area contributed by atoms with Crippen molar-refractivity contribution in [1.82, 2.24) is 25.6 Å². The molecular weight excluding hydrogens is 502 g/mol. The maximum atomic E-state index is 13.1. The molecule has 0 aliphatic heterocycles. The molecular formula is C22H37N9O5S. The molecule has 0 heterocycles. The second-order valence-corrected chi connectivity index (χ2v) is 10.1. The zero-order chi connectivity index (χ0) is 27.8. The Balaban J connectivity index is 2.78. The van der Waals surface area contributed by atoms with Crippen LogP contribution in [0.3, 0.4) is 0 Å². The van der Waals surface area contributed by atoms with E-state index in [1.165, 1.54) is 7.05 Å². The number of guanidine groups is 2. The Morgan fingerprint density at radius 3 is 2.14 bits per heavy atom. The highest BCUT2D eigenvalue weighted by Gasteiger charge is 2.28. The number of hydrogen-bond acceptors (Lipinski definition) is 7. The number of rotatable bonds is 17. The van der Waals surface area contributed by atoms with Crippen LogP contribution >= 0.6 is 0 Å². The number of amides is 2. The molecule has 0 aliphatic carbocycles. The summed E-state index contributed by atoms with van der Waals surface area (Å²) in [6.45, 7) is 0.220. The summed E-state index contributed by atoms with van der Waals surface area (Å²) in [7, 11) is -2.54. The van der Waals surface area contributed by atoms with Crippen molar-refractivity contribution in [3.8, 4) is 0 Å². The number of nitrogens with two attached hydrogens (primary N) is 2. The number of aldehydes is 1. The van der Waals surface area contributed by atoms with Gasteiger partial charge in [0.05, 0.1) is 18.3 Å². The van der Waals surface area contributed by atoms with Crippen LogP contribution in [0.15, 0.2) is 30.3 Å². The van der Waals surface area contributed by atoms with Crippen molar-refractivity contribution in [2.45, 2.75) is 43.5 Å². The summed E-state index contributed by atoms with van der Waals surface area (Å²) in [5, 5.41) is 22.0. The van der Waals surface area contributed by atoms with Crippen molar-refractivity contribution in [1.29, 1.82) is 10.8 Å². The zero-order valence-electron chi connectivity index (χ0n) is 20.8. The molecule has 1 aromatic carbocycles. The monoisotopic (exact) mass is 539 g/mol. The quantitative estimate of drug-likeness (QED) is 0.0479. The van der Waals surface area contributed by atoms with Crippen molar-refractivity contribution in [3.05, 3.63) is 35.9 Å². The second kappa shape index (κ2) is 16.1. The molecule has 37 heavy (non-hydrogen) atoms. The lowest BCUT2D eigenvalue weighted by Gasteiger charge is -2.25. The lowest BCUT2D eigenvalue weighted by Crippen LogP contribution is -2.51. The fraction of sp³-hybridized carbons (Fsp3) is 0.500. The van der Waals surface area contributed by atoms with Gasteiger partial charge >= 0.3 is 0 Å². The van der Waals surface area contributed by atoms with Crippen LogP contribution in [0, 0.1) is 10.8 Å². The van der Waals surface area contributed by atoms with E-state index in [9.17, 15) is 22.8 Å². The number of nitrogens with zero attached hydrogens (tertiary/aromatic N) is 1. The molecule has 1 unspecified atom stereocenters. The molecule has 1 rings (SSSR count). The van der Waals surface area contributed by atoms with Crippen molar-refractivity contribution in [2.75, 3.05) is 26.7 Å². The first kappa shape index (κ1) is 31.3. The number of benzene rings is 1. The van der Waals surface area contributed by atoms with Gasteiger partial charge in [0.2, 0.25) is 21.8 Å². The van der Waals surface area contributed by atoms with Crippen LogP contribution in [0.1, 0.15) is 31.2 Å². The predicted octanol–water partition coefficient (Wildman–Crippen LogP) is -1.86. The first-order valence-electron chi connectivity index (χ1n) is 11.6. The largest absolute Gasteiger partial charge is 0.370 e. The topological polar surface area (TPSA) is 236 Å². The van der Waals surface area contributed by atoms with Crippen molar-refractivity contribution >= 4 is 40.0 Å². The van der Waals surface area contributed by atoms with Gasteiger partial charge in [-0.2, -0.15) is 0 Å². The lowest BCUT2D eigenvalue weighted by molar-refractivity contribution is -0.136. The number of sulfonamides is 1. The molecule has 0 aromatic heterocycles. The van der Waals surface area contributed by atoms with Gasteiger partial charge in [-0.3, -0.25) is 20.4 Å². The van der Waals surface area contributed by atoms with Gasteiger partial charge in [-0.25, -0.2) is 13.1 Å². The number of likely N-dealkylation sites (N-methyl/N-ethyl adjacent to an activating group) is 1. The van der Waals surface area contributed by atoms with E-state index in [4.69, 9.17) is 22.3 Å². The molecule has 0 saturated carbocycles. The van der Waals surface area contributed by atoms with E-state index >= 15 is 0 Å². The number of carbonyl (C=O) groups is 3. The highest BCUT2D eigenvalue weighted by Crippen LogP contribution is 2.09. The van der Waals surface area contributed by atoms with E-state index in [-0.39, 0.29) is 30.6 Å². The van der Waals surface area contributed by atoms with Gasteiger partial charge in [0.15, 0.2) is 11.9 Å². The van der Waals surface area contributed by atoms with Crippen LogP contribution in [0.5, 0.6) is 0 Å². The molecule has 1 aromatic rings. The van der Waals surface area contributed by atoms with Gasteiger partial charge in [0.25, 0.3) is 0 Å². The SMILES string of the molecule is CN(CC(=O)NC(C=O)CCCNC(=N)N)C(=O)[C@@H](CCCNC(=N)N)NS(=O)(=O)Cc1ccccc1. The molecule has 14 nitrogen and oxygen atoms in total. The highest BCUT2D eigenvalue weighted by atomic mass is 32.2. The minimum Gasteiger partial charge on any atom is -0.370 e. The molecule has 206 valence electrons. The molecule has 2 amide bonds. The molecule has 0 bridgehead atoms. The Bertz CT molecular complexity index is 1020. The summed E-state index contributed by atoms with van der Waals surface area (Å²) in [6.07, 6.45) is 1.77. The average Bonchev–Trinajstić information content (AvgIpc) is 2.82. The zero-order valence-corrected chi connectivity index (χ0v) is 21.6. The van der Waals surface area contributed by atoms with Crippen molar-refractivity contribution in [2.24, 2.45) is 11.5 Å². The van der Waals surface area contributed by atoms with E-state index < -0.39 is 40.5 Å². The molecule has 10 N–H and O–H groups in total. The van der Waals surface area contributed by atoms with Gasteiger partial charge in [-0.05, 0) is 31.2 Å². The lowest BCUT2D eigenvalue weighted by atomic mass is 10.1. The molecule has 0 spiro atoms. The van der Waals surface area contributed by atoms with E-state index in [0.29, 0.717) is 37.7 Å². The summed E-state index contributed by atoms with van der Waals surface area (Å²) in [4.78, 5) is 37.9. The maximum Gasteiger partial charge on any atom is 0.240 e. The summed E-state index contributed by atoms with van der Waals surface area (Å²) >= 11 is 0. The van der Waals surface area contributed by atoms with Crippen LogP contribution in [-0.4, -0.2) is 82.1 Å². The normalized spacial score (nSPS) is 12.6. The maximum absolute atomic E-state index is 13.1. The smallest absolute Gasteiger partial charge is 0.240 e. The van der Waals surface area contributed by atoms with Crippen LogP contribution in [0.4, 0.5) is 0 Å². The standard InChI is InChI=1S/C22H37N9O5S/c1-31(13-19(33)29-17(14-32)9-5-11-27-21(23)24)20(34)18(10-6-12-28-22(25)26)30-37(35,36)15-16-7-3-2-4-8-16/h2-4,7-8,14,17-18,30H,5-6,9-13,15H2,1H3,(H,29,33)(H4,23,24,27)(H4,25,26,28)/t17?,18-/m1/s1. The fourth-order valence-corrected chi connectivity index (χ4v) is 4.71. The molecule has 0 fully saturated rings. The van der Waals surface area contributed by atoms with Gasteiger partial charge < -0.3 is 37.1 Å². The summed E-state index contributed by atoms with van der Waals surface area (Å²) in [5.74, 6) is -1.98. The first-order chi connectivity index (χ1) is 17.4. The van der Waals surface area contributed by atoms with E-state index in [1.54, 1.807) is 30.3 Å². The van der Waals surface area contributed by atoms with Crippen LogP contribution in [-0.2, 0) is 30.2 Å². The van der Waals surface area contributed by atoms with Gasteiger partial charge in [-0.15, -0.1) is 0 Å². The van der Waals surface area contributed by atoms with Crippen LogP contribution in [0.25, 0.3) is 0 Å². The highest BCUT2D eigenvalue weighted by molar-refractivity contribution is 7.88. The Hall–Kier alpha value is -3.72. The molecule has 2 atom stereocenters. The Morgan fingerprint density at radius 2 is 1.59 bits per heavy atom. The van der Waals surface area contributed by atoms with E-state index in [1.807, 2.05) is 0 Å². The third-order valence-corrected chi connectivity index (χ3v) is 6.44. The van der Waals surface area contributed by atoms with E-state index in [2.05, 4.69) is 20.7 Å². The molecule has 15 heteroatoms. The van der Waals surface area contributed by atoms with Gasteiger partial charge in [0, 0.05) is 20.1 Å². The van der Waals surface area contributed by atoms with E-state index in [0.717, 1.165) is 4.90 Å². The Kier molecular flexibility index (Phi) is 13.6. The number of nitrogens with one attached hydrogen (secondary N) is 6. The van der Waals surface area contributed by atoms with Gasteiger partial charge in [-0.1, -0.05) is 30.3 Å². The number of hydrogen-bond donors (Lipinski definition) is 8. The summed E-state index contributed by atoms with van der Waals surface area (Å²) in [5.41, 5.74) is 11.0. The number of carbonyl (C=O) groups excluding carboxylic acids is 3. The Morgan fingerprint density at radius 1 is 1.03 bits per heavy atom. The average molecular weight is 540 g/mol. The Labute approximate surface area is 217 Å².